The summed E-state index contributed by atoms with van der Waals surface area (Å²) in [5.74, 6) is 0.231. The van der Waals surface area contributed by atoms with Gasteiger partial charge in [0, 0.05) is 17.2 Å². The van der Waals surface area contributed by atoms with E-state index in [0.29, 0.717) is 16.9 Å². The zero-order valence-electron chi connectivity index (χ0n) is 10.6. The number of carbonyl (C=O) groups is 1. The van der Waals surface area contributed by atoms with Crippen molar-refractivity contribution < 1.29 is 14.5 Å². The van der Waals surface area contributed by atoms with Crippen molar-refractivity contribution in [3.63, 3.8) is 0 Å². The van der Waals surface area contributed by atoms with Crippen LogP contribution in [-0.2, 0) is 6.61 Å². The molecule has 2 rings (SSSR count). The number of hydrogen-bond donors (Lipinski definition) is 0. The number of ether oxygens (including phenoxy) is 1. The van der Waals surface area contributed by atoms with Gasteiger partial charge in [0.25, 0.3) is 5.69 Å². The van der Waals surface area contributed by atoms with Gasteiger partial charge in [-0.2, -0.15) is 0 Å². The van der Waals surface area contributed by atoms with Gasteiger partial charge in [0.2, 0.25) is 0 Å². The van der Waals surface area contributed by atoms with Gasteiger partial charge < -0.3 is 4.74 Å². The minimum absolute atomic E-state index is 0.00291. The van der Waals surface area contributed by atoms with Crippen LogP contribution < -0.4 is 4.74 Å². The zero-order valence-corrected chi connectivity index (χ0v) is 12.1. The molecule has 0 aliphatic heterocycles. The highest BCUT2D eigenvalue weighted by Gasteiger charge is 2.11. The van der Waals surface area contributed by atoms with Gasteiger partial charge in [-0.1, -0.05) is 23.2 Å². The molecule has 0 heterocycles. The Balaban J connectivity index is 2.16. The molecular formula is C14H9Cl2NO4. The number of rotatable bonds is 5. The van der Waals surface area contributed by atoms with Gasteiger partial charge in [-0.05, 0) is 29.8 Å². The smallest absolute Gasteiger partial charge is 0.269 e. The fraction of sp³-hybridized carbons (Fsp3) is 0.0714. The Labute approximate surface area is 130 Å². The maximum Gasteiger partial charge on any atom is 0.269 e. The molecule has 0 spiro atoms. The van der Waals surface area contributed by atoms with Gasteiger partial charge in [0.15, 0.2) is 6.29 Å². The van der Waals surface area contributed by atoms with Crippen molar-refractivity contribution >= 4 is 35.2 Å². The lowest BCUT2D eigenvalue weighted by Crippen LogP contribution is -1.99. The van der Waals surface area contributed by atoms with Crippen LogP contribution in [0.5, 0.6) is 5.75 Å². The monoisotopic (exact) mass is 325 g/mol. The summed E-state index contributed by atoms with van der Waals surface area (Å²) in [6.07, 6.45) is 0.600. The van der Waals surface area contributed by atoms with E-state index in [-0.39, 0.29) is 28.6 Å². The van der Waals surface area contributed by atoms with Crippen molar-refractivity contribution in [2.75, 3.05) is 0 Å². The third-order valence-electron chi connectivity index (χ3n) is 2.69. The molecule has 108 valence electrons. The summed E-state index contributed by atoms with van der Waals surface area (Å²) in [6.45, 7) is 0.125. The molecule has 0 fully saturated rings. The van der Waals surface area contributed by atoms with E-state index in [9.17, 15) is 14.9 Å². The summed E-state index contributed by atoms with van der Waals surface area (Å²) in [6, 6.07) is 8.82. The molecule has 0 saturated carbocycles. The summed E-state index contributed by atoms with van der Waals surface area (Å²) in [5, 5.41) is 11.1. The summed E-state index contributed by atoms with van der Waals surface area (Å²) >= 11 is 11.8. The van der Waals surface area contributed by atoms with Crippen LogP contribution in [0.1, 0.15) is 15.9 Å². The molecule has 0 aromatic heterocycles. The van der Waals surface area contributed by atoms with Crippen LogP contribution >= 0.6 is 23.2 Å². The predicted octanol–water partition coefficient (Wildman–Crippen LogP) is 4.29. The minimum Gasteiger partial charge on any atom is -0.487 e. The first-order valence-electron chi connectivity index (χ1n) is 5.81. The van der Waals surface area contributed by atoms with Gasteiger partial charge in [-0.25, -0.2) is 0 Å². The SMILES string of the molecule is O=Cc1cc(Cl)cc(Cl)c1OCc1ccc([N+](=O)[O-])cc1. The van der Waals surface area contributed by atoms with Crippen molar-refractivity contribution in [1.82, 2.24) is 0 Å². The molecule has 0 bridgehead atoms. The highest BCUT2D eigenvalue weighted by atomic mass is 35.5. The van der Waals surface area contributed by atoms with Gasteiger partial charge >= 0.3 is 0 Å². The van der Waals surface area contributed by atoms with E-state index in [1.807, 2.05) is 0 Å². The van der Waals surface area contributed by atoms with Crippen LogP contribution in [0, 0.1) is 10.1 Å². The fourth-order valence-electron chi connectivity index (χ4n) is 1.69. The van der Waals surface area contributed by atoms with Crippen molar-refractivity contribution in [2.24, 2.45) is 0 Å². The van der Waals surface area contributed by atoms with Crippen molar-refractivity contribution in [2.45, 2.75) is 6.61 Å². The first-order valence-corrected chi connectivity index (χ1v) is 6.57. The molecule has 0 unspecified atom stereocenters. The minimum atomic E-state index is -0.481. The Morgan fingerprint density at radius 2 is 1.86 bits per heavy atom. The van der Waals surface area contributed by atoms with Gasteiger partial charge in [0.1, 0.15) is 12.4 Å². The third kappa shape index (κ3) is 3.71. The number of halogens is 2. The second-order valence-electron chi connectivity index (χ2n) is 4.14. The molecule has 2 aromatic rings. The number of hydrogen-bond acceptors (Lipinski definition) is 4. The first kappa shape index (κ1) is 15.3. The molecule has 0 N–H and O–H groups in total. The molecule has 5 nitrogen and oxygen atoms in total. The molecule has 0 amide bonds. The maximum atomic E-state index is 11.0. The summed E-state index contributed by atoms with van der Waals surface area (Å²) in [5.41, 5.74) is 0.953. The van der Waals surface area contributed by atoms with E-state index in [1.165, 1.54) is 24.3 Å². The number of nitro groups is 1. The van der Waals surface area contributed by atoms with Crippen LogP contribution in [0.2, 0.25) is 10.0 Å². The number of aldehydes is 1. The standard InChI is InChI=1S/C14H9Cl2NO4/c15-11-5-10(7-18)14(13(16)6-11)21-8-9-1-3-12(4-2-9)17(19)20/h1-7H,8H2. The van der Waals surface area contributed by atoms with Gasteiger partial charge in [0.05, 0.1) is 15.5 Å². The third-order valence-corrected chi connectivity index (χ3v) is 3.19. The summed E-state index contributed by atoms with van der Waals surface area (Å²) in [7, 11) is 0. The van der Waals surface area contributed by atoms with Crippen molar-refractivity contribution in [3.05, 3.63) is 67.7 Å². The van der Waals surface area contributed by atoms with E-state index in [2.05, 4.69) is 0 Å². The molecular weight excluding hydrogens is 317 g/mol. The van der Waals surface area contributed by atoms with Crippen molar-refractivity contribution in [3.8, 4) is 5.75 Å². The zero-order chi connectivity index (χ0) is 15.4. The highest BCUT2D eigenvalue weighted by molar-refractivity contribution is 6.36. The van der Waals surface area contributed by atoms with E-state index in [0.717, 1.165) is 0 Å². The van der Waals surface area contributed by atoms with Crippen molar-refractivity contribution in [1.29, 1.82) is 0 Å². The second-order valence-corrected chi connectivity index (χ2v) is 4.98. The van der Waals surface area contributed by atoms with E-state index < -0.39 is 4.92 Å². The first-order chi connectivity index (χ1) is 10.0. The lowest BCUT2D eigenvalue weighted by Gasteiger charge is -2.10. The van der Waals surface area contributed by atoms with Gasteiger partial charge in [-0.15, -0.1) is 0 Å². The molecule has 0 atom stereocenters. The number of non-ortho nitro benzene ring substituents is 1. The molecule has 7 heteroatoms. The Kier molecular flexibility index (Phi) is 4.77. The molecule has 21 heavy (non-hydrogen) atoms. The van der Waals surface area contributed by atoms with Crippen LogP contribution in [-0.4, -0.2) is 11.2 Å². The molecule has 2 aromatic carbocycles. The highest BCUT2D eigenvalue weighted by Crippen LogP contribution is 2.32. The molecule has 0 saturated heterocycles. The molecule has 0 radical (unpaired) electrons. The van der Waals surface area contributed by atoms with Crippen LogP contribution in [0.15, 0.2) is 36.4 Å². The fourth-order valence-corrected chi connectivity index (χ4v) is 2.25. The van der Waals surface area contributed by atoms with E-state index >= 15 is 0 Å². The van der Waals surface area contributed by atoms with E-state index in [1.54, 1.807) is 12.1 Å². The number of carbonyl (C=O) groups excluding carboxylic acids is 1. The summed E-state index contributed by atoms with van der Waals surface area (Å²) < 4.78 is 5.51. The average molecular weight is 326 g/mol. The van der Waals surface area contributed by atoms with Gasteiger partial charge in [-0.3, -0.25) is 14.9 Å². The summed E-state index contributed by atoms with van der Waals surface area (Å²) in [4.78, 5) is 21.1. The van der Waals surface area contributed by atoms with Crippen LogP contribution in [0.4, 0.5) is 5.69 Å². The number of benzene rings is 2. The Morgan fingerprint density at radius 3 is 2.43 bits per heavy atom. The number of nitro benzene ring substituents is 1. The largest absolute Gasteiger partial charge is 0.487 e. The second kappa shape index (κ2) is 6.56. The number of nitrogens with zero attached hydrogens (tertiary/aromatic N) is 1. The molecule has 0 aliphatic carbocycles. The Bertz CT molecular complexity index is 686. The normalized spacial score (nSPS) is 10.2. The topological polar surface area (TPSA) is 69.4 Å². The quantitative estimate of drug-likeness (QED) is 0.467. The average Bonchev–Trinajstić information content (AvgIpc) is 2.46. The maximum absolute atomic E-state index is 11.0. The lowest BCUT2D eigenvalue weighted by molar-refractivity contribution is -0.384. The predicted molar refractivity (Wildman–Crippen MR) is 79.3 cm³/mol. The van der Waals surface area contributed by atoms with Crippen LogP contribution in [0.25, 0.3) is 0 Å². The Morgan fingerprint density at radius 1 is 1.19 bits per heavy atom. The van der Waals surface area contributed by atoms with E-state index in [4.69, 9.17) is 27.9 Å². The lowest BCUT2D eigenvalue weighted by atomic mass is 10.2. The van der Waals surface area contributed by atoms with Crippen LogP contribution in [0.3, 0.4) is 0 Å². The molecule has 0 aliphatic rings. The Hall–Kier alpha value is -2.11.